The Morgan fingerprint density at radius 3 is 2.50 bits per heavy atom. The summed E-state index contributed by atoms with van der Waals surface area (Å²) in [5.74, 6) is 1.54. The van der Waals surface area contributed by atoms with E-state index in [4.69, 9.17) is 4.42 Å². The number of aryl methyl sites for hydroxylation is 2. The van der Waals surface area contributed by atoms with E-state index < -0.39 is 0 Å². The number of benzene rings is 1. The Labute approximate surface area is 84.7 Å². The summed E-state index contributed by atoms with van der Waals surface area (Å²) < 4.78 is 5.77. The molecule has 0 atom stereocenters. The van der Waals surface area contributed by atoms with Crippen molar-refractivity contribution in [3.63, 3.8) is 0 Å². The average molecular weight is 188 g/mol. The normalized spacial score (nSPS) is 11.5. The van der Waals surface area contributed by atoms with E-state index in [0.29, 0.717) is 5.92 Å². The molecule has 0 aliphatic heterocycles. The van der Waals surface area contributed by atoms with Crippen molar-refractivity contribution in [1.29, 1.82) is 0 Å². The Morgan fingerprint density at radius 1 is 1.14 bits per heavy atom. The van der Waals surface area contributed by atoms with Gasteiger partial charge in [-0.2, -0.15) is 0 Å². The Morgan fingerprint density at radius 2 is 1.86 bits per heavy atom. The maximum Gasteiger partial charge on any atom is 0.134 e. The van der Waals surface area contributed by atoms with Crippen molar-refractivity contribution in [3.8, 4) is 0 Å². The summed E-state index contributed by atoms with van der Waals surface area (Å²) in [6.07, 6.45) is 0. The first-order valence-corrected chi connectivity index (χ1v) is 5.09. The highest BCUT2D eigenvalue weighted by atomic mass is 16.3. The monoisotopic (exact) mass is 188 g/mol. The van der Waals surface area contributed by atoms with Crippen molar-refractivity contribution < 1.29 is 4.42 Å². The first kappa shape index (κ1) is 9.32. The van der Waals surface area contributed by atoms with E-state index in [1.807, 2.05) is 0 Å². The van der Waals surface area contributed by atoms with Gasteiger partial charge < -0.3 is 4.42 Å². The van der Waals surface area contributed by atoms with Crippen molar-refractivity contribution in [2.45, 2.75) is 33.6 Å². The minimum Gasteiger partial charge on any atom is -0.461 e. The fourth-order valence-electron chi connectivity index (χ4n) is 1.66. The molecule has 0 fully saturated rings. The second-order valence-corrected chi connectivity index (χ2v) is 4.22. The van der Waals surface area contributed by atoms with Gasteiger partial charge in [-0.1, -0.05) is 19.9 Å². The van der Waals surface area contributed by atoms with Crippen molar-refractivity contribution in [3.05, 3.63) is 35.1 Å². The summed E-state index contributed by atoms with van der Waals surface area (Å²) in [4.78, 5) is 0. The maximum absolute atomic E-state index is 5.77. The molecule has 0 saturated carbocycles. The molecular weight excluding hydrogens is 172 g/mol. The van der Waals surface area contributed by atoms with E-state index in [0.717, 1.165) is 11.3 Å². The molecule has 0 saturated heterocycles. The van der Waals surface area contributed by atoms with Crippen LogP contribution in [0.5, 0.6) is 0 Å². The molecule has 2 rings (SSSR count). The van der Waals surface area contributed by atoms with Crippen molar-refractivity contribution in [2.75, 3.05) is 0 Å². The van der Waals surface area contributed by atoms with Gasteiger partial charge in [-0.3, -0.25) is 0 Å². The summed E-state index contributed by atoms with van der Waals surface area (Å²) >= 11 is 0. The van der Waals surface area contributed by atoms with Crippen LogP contribution in [0.25, 0.3) is 11.0 Å². The van der Waals surface area contributed by atoms with Gasteiger partial charge in [0.25, 0.3) is 0 Å². The van der Waals surface area contributed by atoms with Crippen LogP contribution in [0.1, 0.15) is 36.7 Å². The lowest BCUT2D eigenvalue weighted by atomic mass is 10.0. The van der Waals surface area contributed by atoms with Crippen LogP contribution < -0.4 is 0 Å². The molecule has 14 heavy (non-hydrogen) atoms. The lowest BCUT2D eigenvalue weighted by Gasteiger charge is -1.98. The zero-order valence-corrected chi connectivity index (χ0v) is 9.22. The third kappa shape index (κ3) is 1.33. The topological polar surface area (TPSA) is 13.1 Å². The number of furan rings is 1. The number of fused-ring (bicyclic) bond motifs is 1. The molecule has 0 bridgehead atoms. The van der Waals surface area contributed by atoms with Crippen molar-refractivity contribution in [1.82, 2.24) is 0 Å². The first-order valence-electron chi connectivity index (χ1n) is 5.09. The van der Waals surface area contributed by atoms with Crippen LogP contribution in [0.2, 0.25) is 0 Å². The van der Waals surface area contributed by atoms with Crippen LogP contribution in [0.15, 0.2) is 22.6 Å². The van der Waals surface area contributed by atoms with E-state index in [-0.39, 0.29) is 0 Å². The molecule has 74 valence electrons. The third-order valence-electron chi connectivity index (χ3n) is 2.83. The number of hydrogen-bond donors (Lipinski definition) is 0. The fourth-order valence-corrected chi connectivity index (χ4v) is 1.66. The zero-order chi connectivity index (χ0) is 10.3. The molecule has 1 heteroatoms. The van der Waals surface area contributed by atoms with Gasteiger partial charge in [0.05, 0.1) is 0 Å². The van der Waals surface area contributed by atoms with Crippen molar-refractivity contribution in [2.24, 2.45) is 0 Å². The molecule has 0 radical (unpaired) electrons. The quantitative estimate of drug-likeness (QED) is 0.654. The Kier molecular flexibility index (Phi) is 2.10. The molecule has 1 aromatic carbocycles. The van der Waals surface area contributed by atoms with Gasteiger partial charge in [0, 0.05) is 11.3 Å². The van der Waals surface area contributed by atoms with Gasteiger partial charge in [-0.15, -0.1) is 0 Å². The fraction of sp³-hybridized carbons (Fsp3) is 0.385. The molecule has 2 aromatic rings. The van der Waals surface area contributed by atoms with Crippen molar-refractivity contribution >= 4 is 11.0 Å². The van der Waals surface area contributed by atoms with Crippen LogP contribution in [0.4, 0.5) is 0 Å². The van der Waals surface area contributed by atoms with Crippen LogP contribution >= 0.6 is 0 Å². The van der Waals surface area contributed by atoms with Gasteiger partial charge >= 0.3 is 0 Å². The van der Waals surface area contributed by atoms with Crippen LogP contribution in [0.3, 0.4) is 0 Å². The number of hydrogen-bond acceptors (Lipinski definition) is 1. The summed E-state index contributed by atoms with van der Waals surface area (Å²) in [6, 6.07) is 6.34. The highest BCUT2D eigenvalue weighted by Crippen LogP contribution is 2.28. The second kappa shape index (κ2) is 3.16. The highest BCUT2D eigenvalue weighted by Gasteiger charge is 2.09. The van der Waals surface area contributed by atoms with Crippen LogP contribution in [-0.4, -0.2) is 0 Å². The number of rotatable bonds is 1. The molecule has 1 aromatic heterocycles. The molecule has 0 unspecified atom stereocenters. The predicted molar refractivity (Wildman–Crippen MR) is 59.8 cm³/mol. The molecule has 1 heterocycles. The SMILES string of the molecule is Cc1ccc2oc(C(C)C)cc2c1C. The molecule has 0 spiro atoms. The van der Waals surface area contributed by atoms with E-state index in [2.05, 4.69) is 45.9 Å². The first-order chi connectivity index (χ1) is 6.59. The summed E-state index contributed by atoms with van der Waals surface area (Å²) in [5.41, 5.74) is 3.67. The zero-order valence-electron chi connectivity index (χ0n) is 9.22. The Bertz CT molecular complexity index is 463. The average Bonchev–Trinajstić information content (AvgIpc) is 2.56. The van der Waals surface area contributed by atoms with Gasteiger partial charge in [0.1, 0.15) is 11.3 Å². The summed E-state index contributed by atoms with van der Waals surface area (Å²) in [6.45, 7) is 8.59. The molecule has 0 aliphatic carbocycles. The minimum atomic E-state index is 0.460. The van der Waals surface area contributed by atoms with Crippen LogP contribution in [-0.2, 0) is 0 Å². The third-order valence-corrected chi connectivity index (χ3v) is 2.83. The maximum atomic E-state index is 5.77. The van der Waals surface area contributed by atoms with E-state index in [9.17, 15) is 0 Å². The largest absolute Gasteiger partial charge is 0.461 e. The highest BCUT2D eigenvalue weighted by molar-refractivity contribution is 5.82. The standard InChI is InChI=1S/C13H16O/c1-8(2)13-7-11-10(4)9(3)5-6-12(11)14-13/h5-8H,1-4H3. The van der Waals surface area contributed by atoms with Gasteiger partial charge in [-0.05, 0) is 37.1 Å². The minimum absolute atomic E-state index is 0.460. The Hall–Kier alpha value is -1.24. The van der Waals surface area contributed by atoms with Gasteiger partial charge in [-0.25, -0.2) is 0 Å². The smallest absolute Gasteiger partial charge is 0.134 e. The van der Waals surface area contributed by atoms with E-state index in [1.54, 1.807) is 0 Å². The van der Waals surface area contributed by atoms with Crippen LogP contribution in [0, 0.1) is 13.8 Å². The lowest BCUT2D eigenvalue weighted by molar-refractivity contribution is 0.521. The molecule has 0 N–H and O–H groups in total. The van der Waals surface area contributed by atoms with E-state index in [1.165, 1.54) is 16.5 Å². The lowest BCUT2D eigenvalue weighted by Crippen LogP contribution is -1.80. The second-order valence-electron chi connectivity index (χ2n) is 4.22. The van der Waals surface area contributed by atoms with Gasteiger partial charge in [0.2, 0.25) is 0 Å². The molecule has 1 nitrogen and oxygen atoms in total. The molecular formula is C13H16O. The van der Waals surface area contributed by atoms with E-state index >= 15 is 0 Å². The van der Waals surface area contributed by atoms with Gasteiger partial charge in [0.15, 0.2) is 0 Å². The predicted octanol–water partition coefficient (Wildman–Crippen LogP) is 4.17. The summed E-state index contributed by atoms with van der Waals surface area (Å²) in [7, 11) is 0. The molecule has 0 amide bonds. The molecule has 0 aliphatic rings. The Balaban J connectivity index is 2.71. The summed E-state index contributed by atoms with van der Waals surface area (Å²) in [5, 5.41) is 1.26.